The number of piperidine rings is 1. The van der Waals surface area contributed by atoms with Gasteiger partial charge < -0.3 is 10.0 Å². The molecule has 2 aromatic rings. The highest BCUT2D eigenvalue weighted by atomic mass is 16.4. The van der Waals surface area contributed by atoms with Gasteiger partial charge in [-0.2, -0.15) is 0 Å². The third kappa shape index (κ3) is 3.32. The van der Waals surface area contributed by atoms with Crippen molar-refractivity contribution >= 4 is 5.97 Å². The van der Waals surface area contributed by atoms with E-state index in [1.165, 1.54) is 41.6 Å². The van der Waals surface area contributed by atoms with E-state index in [9.17, 15) is 14.7 Å². The molecule has 1 unspecified atom stereocenters. The molecule has 142 valence electrons. The van der Waals surface area contributed by atoms with E-state index >= 15 is 0 Å². The Labute approximate surface area is 159 Å². The van der Waals surface area contributed by atoms with Crippen molar-refractivity contribution in [3.63, 3.8) is 0 Å². The number of carboxylic acids is 1. The largest absolute Gasteiger partial charge is 0.477 e. The lowest BCUT2D eigenvalue weighted by atomic mass is 9.82. The first kappa shape index (κ1) is 18.0. The van der Waals surface area contributed by atoms with Crippen LogP contribution in [0, 0.1) is 18.8 Å². The zero-order valence-corrected chi connectivity index (χ0v) is 15.9. The van der Waals surface area contributed by atoms with Crippen LogP contribution in [0.5, 0.6) is 0 Å². The summed E-state index contributed by atoms with van der Waals surface area (Å²) < 4.78 is 1.46. The maximum absolute atomic E-state index is 12.7. The highest BCUT2D eigenvalue weighted by molar-refractivity contribution is 5.88. The van der Waals surface area contributed by atoms with Crippen LogP contribution < -0.4 is 5.56 Å². The molecule has 0 amide bonds. The summed E-state index contributed by atoms with van der Waals surface area (Å²) in [6.07, 6.45) is 6.38. The smallest absolute Gasteiger partial charge is 0.341 e. The number of carbonyl (C=O) groups is 1. The number of aryl methyl sites for hydroxylation is 1. The molecule has 2 heterocycles. The van der Waals surface area contributed by atoms with Gasteiger partial charge in [0.05, 0.1) is 0 Å². The SMILES string of the molecule is Cc1ccn(-c2ccc3c(c2)CC(C2CCN(C)CC2)C3)c(=O)c1C(=O)O. The molecule has 4 rings (SSSR count). The van der Waals surface area contributed by atoms with Crippen LogP contribution in [-0.2, 0) is 12.8 Å². The monoisotopic (exact) mass is 366 g/mol. The van der Waals surface area contributed by atoms with Crippen molar-refractivity contribution in [2.24, 2.45) is 11.8 Å². The van der Waals surface area contributed by atoms with Gasteiger partial charge >= 0.3 is 5.97 Å². The number of aromatic nitrogens is 1. The molecule has 1 N–H and O–H groups in total. The Bertz CT molecular complexity index is 939. The van der Waals surface area contributed by atoms with Crippen molar-refractivity contribution in [2.45, 2.75) is 32.6 Å². The summed E-state index contributed by atoms with van der Waals surface area (Å²) in [7, 11) is 2.19. The summed E-state index contributed by atoms with van der Waals surface area (Å²) in [5, 5.41) is 9.35. The van der Waals surface area contributed by atoms with Crippen LogP contribution in [0.25, 0.3) is 5.69 Å². The molecule has 0 bridgehead atoms. The number of hydrogen-bond donors (Lipinski definition) is 1. The number of carboxylic acid groups (broad SMARTS) is 1. The van der Waals surface area contributed by atoms with Crippen LogP contribution in [0.2, 0.25) is 0 Å². The molecule has 1 saturated heterocycles. The summed E-state index contributed by atoms with van der Waals surface area (Å²) in [6.45, 7) is 4.02. The standard InChI is InChI=1S/C22H26N2O3/c1-14-5-10-24(21(25)20(14)22(26)27)19-4-3-16-11-17(12-18(16)13-19)15-6-8-23(2)9-7-15/h3-5,10,13,15,17H,6-9,11-12H2,1-2H3,(H,26,27). The molecular formula is C22H26N2O3. The topological polar surface area (TPSA) is 62.5 Å². The van der Waals surface area contributed by atoms with E-state index < -0.39 is 11.5 Å². The van der Waals surface area contributed by atoms with Gasteiger partial charge in [-0.1, -0.05) is 6.07 Å². The molecule has 5 heteroatoms. The van der Waals surface area contributed by atoms with Crippen molar-refractivity contribution in [2.75, 3.05) is 20.1 Å². The third-order valence-corrected chi connectivity index (χ3v) is 6.38. The van der Waals surface area contributed by atoms with E-state index in [1.807, 2.05) is 6.07 Å². The number of fused-ring (bicyclic) bond motifs is 1. The Morgan fingerprint density at radius 3 is 2.48 bits per heavy atom. The van der Waals surface area contributed by atoms with Crippen molar-refractivity contribution < 1.29 is 9.90 Å². The van der Waals surface area contributed by atoms with Crippen molar-refractivity contribution in [1.29, 1.82) is 0 Å². The molecule has 0 saturated carbocycles. The fourth-order valence-corrected chi connectivity index (χ4v) is 4.71. The normalized spacial score (nSPS) is 20.6. The van der Waals surface area contributed by atoms with Crippen LogP contribution in [0.15, 0.2) is 35.3 Å². The first-order valence-corrected chi connectivity index (χ1v) is 9.70. The Kier molecular flexibility index (Phi) is 4.64. The summed E-state index contributed by atoms with van der Waals surface area (Å²) in [5.74, 6) is 0.293. The van der Waals surface area contributed by atoms with Crippen LogP contribution >= 0.6 is 0 Å². The highest BCUT2D eigenvalue weighted by Gasteiger charge is 2.30. The molecule has 1 aliphatic carbocycles. The Hall–Kier alpha value is -2.40. The fraction of sp³-hybridized carbons (Fsp3) is 0.455. The summed E-state index contributed by atoms with van der Waals surface area (Å²) in [6, 6.07) is 7.83. The summed E-state index contributed by atoms with van der Waals surface area (Å²) in [5.41, 5.74) is 3.31. The molecule has 2 aliphatic rings. The Morgan fingerprint density at radius 1 is 1.07 bits per heavy atom. The molecule has 1 aromatic carbocycles. The molecule has 5 nitrogen and oxygen atoms in total. The van der Waals surface area contributed by atoms with Gasteiger partial charge in [0.1, 0.15) is 5.56 Å². The molecule has 0 radical (unpaired) electrons. The number of nitrogens with zero attached hydrogens (tertiary/aromatic N) is 2. The van der Waals surface area contributed by atoms with E-state index in [0.717, 1.165) is 24.4 Å². The lowest BCUT2D eigenvalue weighted by molar-refractivity contribution is 0.0693. The maximum atomic E-state index is 12.7. The van der Waals surface area contributed by atoms with Gasteiger partial charge in [-0.15, -0.1) is 0 Å². The molecule has 0 spiro atoms. The van der Waals surface area contributed by atoms with Crippen molar-refractivity contribution in [3.05, 3.63) is 63.1 Å². The zero-order chi connectivity index (χ0) is 19.1. The Morgan fingerprint density at radius 2 is 1.78 bits per heavy atom. The maximum Gasteiger partial charge on any atom is 0.341 e. The number of benzene rings is 1. The van der Waals surface area contributed by atoms with Crippen LogP contribution in [0.3, 0.4) is 0 Å². The first-order chi connectivity index (χ1) is 12.9. The fourth-order valence-electron chi connectivity index (χ4n) is 4.71. The van der Waals surface area contributed by atoms with Crippen LogP contribution in [0.1, 0.15) is 39.9 Å². The first-order valence-electron chi connectivity index (χ1n) is 9.70. The Balaban J connectivity index is 1.61. The lowest BCUT2D eigenvalue weighted by Crippen LogP contribution is -2.33. The molecule has 1 fully saturated rings. The minimum absolute atomic E-state index is 0.151. The third-order valence-electron chi connectivity index (χ3n) is 6.38. The van der Waals surface area contributed by atoms with Gasteiger partial charge in [0, 0.05) is 11.9 Å². The van der Waals surface area contributed by atoms with Gasteiger partial charge in [0.15, 0.2) is 0 Å². The average molecular weight is 366 g/mol. The molecular weight excluding hydrogens is 340 g/mol. The second-order valence-electron chi connectivity index (χ2n) is 8.12. The van der Waals surface area contributed by atoms with Gasteiger partial charge in [0.2, 0.25) is 0 Å². The van der Waals surface area contributed by atoms with Crippen molar-refractivity contribution in [1.82, 2.24) is 9.47 Å². The highest BCUT2D eigenvalue weighted by Crippen LogP contribution is 2.36. The second-order valence-corrected chi connectivity index (χ2v) is 8.12. The number of hydrogen-bond acceptors (Lipinski definition) is 3. The van der Waals surface area contributed by atoms with Crippen LogP contribution in [0.4, 0.5) is 0 Å². The molecule has 1 atom stereocenters. The number of rotatable bonds is 3. The minimum Gasteiger partial charge on any atom is -0.477 e. The predicted molar refractivity (Wildman–Crippen MR) is 105 cm³/mol. The molecule has 1 aromatic heterocycles. The summed E-state index contributed by atoms with van der Waals surface area (Å²) in [4.78, 5) is 26.5. The van der Waals surface area contributed by atoms with Gasteiger partial charge in [-0.05, 0) is 99.5 Å². The van der Waals surface area contributed by atoms with E-state index in [1.54, 1.807) is 19.2 Å². The van der Waals surface area contributed by atoms with Crippen molar-refractivity contribution in [3.8, 4) is 5.69 Å². The quantitative estimate of drug-likeness (QED) is 0.907. The second kappa shape index (κ2) is 6.97. The number of likely N-dealkylation sites (tertiary alicyclic amines) is 1. The zero-order valence-electron chi connectivity index (χ0n) is 15.9. The predicted octanol–water partition coefficient (Wildman–Crippen LogP) is 2.90. The molecule has 1 aliphatic heterocycles. The minimum atomic E-state index is -1.17. The van der Waals surface area contributed by atoms with E-state index in [2.05, 4.69) is 24.1 Å². The van der Waals surface area contributed by atoms with Crippen LogP contribution in [-0.4, -0.2) is 40.7 Å². The van der Waals surface area contributed by atoms with Gasteiger partial charge in [-0.25, -0.2) is 4.79 Å². The van der Waals surface area contributed by atoms with Gasteiger partial charge in [0.25, 0.3) is 5.56 Å². The summed E-state index contributed by atoms with van der Waals surface area (Å²) >= 11 is 0. The average Bonchev–Trinajstić information content (AvgIpc) is 3.05. The number of pyridine rings is 1. The number of aromatic carboxylic acids is 1. The van der Waals surface area contributed by atoms with E-state index in [0.29, 0.717) is 11.5 Å². The molecule has 27 heavy (non-hydrogen) atoms. The lowest BCUT2D eigenvalue weighted by Gasteiger charge is -2.32. The van der Waals surface area contributed by atoms with Gasteiger partial charge in [-0.3, -0.25) is 9.36 Å². The van der Waals surface area contributed by atoms with E-state index in [-0.39, 0.29) is 5.56 Å². The van der Waals surface area contributed by atoms with E-state index in [4.69, 9.17) is 0 Å².